The highest BCUT2D eigenvalue weighted by atomic mass is 19.2. The van der Waals surface area contributed by atoms with E-state index in [1.54, 1.807) is 13.8 Å². The van der Waals surface area contributed by atoms with Crippen molar-refractivity contribution in [2.24, 2.45) is 0 Å². The zero-order valence-electron chi connectivity index (χ0n) is 22.6. The van der Waals surface area contributed by atoms with Crippen molar-refractivity contribution in [3.8, 4) is 16.9 Å². The molecule has 0 heterocycles. The standard InChI is InChI=1S/C31H30F6O4/c1-3-5-23(38)21-12-13-22(29(36)28(21)35)31(39)41-17-8-6-16(7-9-17)18-10-11-19(26(33)25(18)32)20-14-15-24(40-4-2)30(37)27(20)34/h10-17,23,38H,3-9H2,1-2H3. The smallest absolute Gasteiger partial charge is 0.341 e. The van der Waals surface area contributed by atoms with E-state index in [9.17, 15) is 27.5 Å². The Bertz CT molecular complexity index is 1420. The monoisotopic (exact) mass is 580 g/mol. The first kappa shape index (κ1) is 30.4. The Kier molecular flexibility index (Phi) is 9.63. The number of ether oxygens (including phenoxy) is 2. The van der Waals surface area contributed by atoms with Crippen LogP contribution in [0, 0.1) is 34.9 Å². The van der Waals surface area contributed by atoms with Gasteiger partial charge >= 0.3 is 5.97 Å². The van der Waals surface area contributed by atoms with Gasteiger partial charge in [-0.2, -0.15) is 4.39 Å². The normalized spacial score (nSPS) is 17.8. The Balaban J connectivity index is 1.43. The van der Waals surface area contributed by atoms with Crippen LogP contribution in [0.1, 0.15) is 85.9 Å². The van der Waals surface area contributed by atoms with Crippen LogP contribution in [0.4, 0.5) is 26.3 Å². The fourth-order valence-electron chi connectivity index (χ4n) is 5.21. The summed E-state index contributed by atoms with van der Waals surface area (Å²) in [6, 6.07) is 7.01. The Morgan fingerprint density at radius 1 is 0.805 bits per heavy atom. The zero-order chi connectivity index (χ0) is 29.8. The van der Waals surface area contributed by atoms with E-state index in [1.165, 1.54) is 12.1 Å². The average Bonchev–Trinajstić information content (AvgIpc) is 2.95. The molecule has 1 saturated carbocycles. The summed E-state index contributed by atoms with van der Waals surface area (Å²) in [7, 11) is 0. The van der Waals surface area contributed by atoms with Gasteiger partial charge in [-0.05, 0) is 68.7 Å². The van der Waals surface area contributed by atoms with Crippen molar-refractivity contribution in [3.63, 3.8) is 0 Å². The first-order valence-electron chi connectivity index (χ1n) is 13.5. The highest BCUT2D eigenvalue weighted by Gasteiger charge is 2.31. The van der Waals surface area contributed by atoms with Crippen LogP contribution < -0.4 is 4.74 Å². The first-order chi connectivity index (χ1) is 19.6. The van der Waals surface area contributed by atoms with Crippen molar-refractivity contribution >= 4 is 5.97 Å². The maximum Gasteiger partial charge on any atom is 0.341 e. The lowest BCUT2D eigenvalue weighted by Crippen LogP contribution is -2.25. The maximum absolute atomic E-state index is 15.1. The molecule has 1 fully saturated rings. The summed E-state index contributed by atoms with van der Waals surface area (Å²) in [5.74, 6) is -9.70. The SMILES string of the molecule is CCCC(O)c1ccc(C(=O)OC2CCC(c3ccc(-c4ccc(OCC)c(F)c4F)c(F)c3F)CC2)c(F)c1F. The first-order valence-corrected chi connectivity index (χ1v) is 13.5. The number of carbonyl (C=O) groups is 1. The predicted octanol–water partition coefficient (Wildman–Crippen LogP) is 8.30. The predicted molar refractivity (Wildman–Crippen MR) is 140 cm³/mol. The number of carbonyl (C=O) groups excluding carboxylic acids is 1. The van der Waals surface area contributed by atoms with Crippen molar-refractivity contribution in [2.45, 2.75) is 70.5 Å². The third-order valence-electron chi connectivity index (χ3n) is 7.39. The minimum absolute atomic E-state index is 0.0529. The summed E-state index contributed by atoms with van der Waals surface area (Å²) in [5.41, 5.74) is -1.66. The largest absolute Gasteiger partial charge is 0.491 e. The van der Waals surface area contributed by atoms with Crippen LogP contribution in [-0.4, -0.2) is 23.8 Å². The quantitative estimate of drug-likeness (QED) is 0.204. The van der Waals surface area contributed by atoms with E-state index in [1.807, 2.05) is 0 Å². The van der Waals surface area contributed by atoms with Crippen molar-refractivity contribution in [1.82, 2.24) is 0 Å². The number of halogens is 6. The van der Waals surface area contributed by atoms with Crippen molar-refractivity contribution in [1.29, 1.82) is 0 Å². The molecule has 4 rings (SSSR count). The molecule has 3 aromatic rings. The Labute approximate surface area is 233 Å². The molecule has 0 spiro atoms. The van der Waals surface area contributed by atoms with Crippen molar-refractivity contribution in [3.05, 3.63) is 88.0 Å². The Morgan fingerprint density at radius 2 is 1.44 bits per heavy atom. The molecule has 1 unspecified atom stereocenters. The van der Waals surface area contributed by atoms with Crippen LogP contribution in [0.5, 0.6) is 5.75 Å². The molecule has 220 valence electrons. The molecular weight excluding hydrogens is 550 g/mol. The van der Waals surface area contributed by atoms with Crippen molar-refractivity contribution in [2.75, 3.05) is 6.61 Å². The van der Waals surface area contributed by atoms with Gasteiger partial charge in [0, 0.05) is 16.7 Å². The third-order valence-corrected chi connectivity index (χ3v) is 7.39. The topological polar surface area (TPSA) is 55.8 Å². The van der Waals surface area contributed by atoms with Gasteiger partial charge in [0.2, 0.25) is 5.82 Å². The van der Waals surface area contributed by atoms with Gasteiger partial charge in [-0.15, -0.1) is 0 Å². The fraction of sp³-hybridized carbons (Fsp3) is 0.387. The van der Waals surface area contributed by atoms with E-state index in [4.69, 9.17) is 9.47 Å². The van der Waals surface area contributed by atoms with E-state index in [-0.39, 0.29) is 42.7 Å². The minimum atomic E-state index is -1.40. The van der Waals surface area contributed by atoms with E-state index < -0.39 is 75.7 Å². The molecule has 0 amide bonds. The number of hydrogen-bond donors (Lipinski definition) is 1. The number of hydrogen-bond acceptors (Lipinski definition) is 4. The van der Waals surface area contributed by atoms with Crippen LogP contribution in [0.3, 0.4) is 0 Å². The highest BCUT2D eigenvalue weighted by molar-refractivity contribution is 5.90. The lowest BCUT2D eigenvalue weighted by atomic mass is 9.82. The molecule has 1 atom stereocenters. The molecule has 1 N–H and O–H groups in total. The summed E-state index contributed by atoms with van der Waals surface area (Å²) < 4.78 is 98.4. The minimum Gasteiger partial charge on any atom is -0.491 e. The summed E-state index contributed by atoms with van der Waals surface area (Å²) >= 11 is 0. The lowest BCUT2D eigenvalue weighted by Gasteiger charge is -2.29. The molecular formula is C31H30F6O4. The second kappa shape index (κ2) is 13.0. The second-order valence-electron chi connectivity index (χ2n) is 10.0. The molecule has 1 aliphatic carbocycles. The zero-order valence-corrected chi connectivity index (χ0v) is 22.6. The maximum atomic E-state index is 15.1. The fourth-order valence-corrected chi connectivity index (χ4v) is 5.21. The molecule has 0 bridgehead atoms. The summed E-state index contributed by atoms with van der Waals surface area (Å²) in [5, 5.41) is 9.99. The number of aliphatic hydroxyl groups excluding tert-OH is 1. The molecule has 10 heteroatoms. The average molecular weight is 581 g/mol. The molecule has 3 aromatic carbocycles. The molecule has 0 aromatic heterocycles. The summed E-state index contributed by atoms with van der Waals surface area (Å²) in [6.45, 7) is 3.48. The molecule has 0 radical (unpaired) electrons. The number of rotatable bonds is 9. The molecule has 0 aliphatic heterocycles. The number of benzene rings is 3. The summed E-state index contributed by atoms with van der Waals surface area (Å²) in [4.78, 5) is 12.6. The van der Waals surface area contributed by atoms with Gasteiger partial charge in [0.1, 0.15) is 6.10 Å². The van der Waals surface area contributed by atoms with Crippen molar-refractivity contribution < 1.29 is 45.7 Å². The van der Waals surface area contributed by atoms with E-state index in [0.29, 0.717) is 19.3 Å². The van der Waals surface area contributed by atoms with Gasteiger partial charge < -0.3 is 14.6 Å². The second-order valence-corrected chi connectivity index (χ2v) is 10.0. The number of aliphatic hydroxyl groups is 1. The Morgan fingerprint density at radius 3 is 2.07 bits per heavy atom. The highest BCUT2D eigenvalue weighted by Crippen LogP contribution is 2.39. The van der Waals surface area contributed by atoms with Gasteiger partial charge in [-0.1, -0.05) is 31.5 Å². The molecule has 4 nitrogen and oxygen atoms in total. The molecule has 1 aliphatic rings. The van der Waals surface area contributed by atoms with Crippen LogP contribution >= 0.6 is 0 Å². The third kappa shape index (κ3) is 6.22. The van der Waals surface area contributed by atoms with E-state index >= 15 is 8.78 Å². The van der Waals surface area contributed by atoms with Gasteiger partial charge in [-0.3, -0.25) is 0 Å². The van der Waals surface area contributed by atoms with Crippen LogP contribution in [0.15, 0.2) is 36.4 Å². The lowest BCUT2D eigenvalue weighted by molar-refractivity contribution is 0.0187. The van der Waals surface area contributed by atoms with Gasteiger partial charge in [0.05, 0.1) is 18.3 Å². The van der Waals surface area contributed by atoms with E-state index in [2.05, 4.69) is 0 Å². The van der Waals surface area contributed by atoms with E-state index in [0.717, 1.165) is 24.3 Å². The molecule has 0 saturated heterocycles. The van der Waals surface area contributed by atoms with Gasteiger partial charge in [0.25, 0.3) is 0 Å². The Hall–Kier alpha value is -3.53. The van der Waals surface area contributed by atoms with Gasteiger partial charge in [0.15, 0.2) is 34.8 Å². The summed E-state index contributed by atoms with van der Waals surface area (Å²) in [6.07, 6.45) is 0.0572. The van der Waals surface area contributed by atoms with Crippen LogP contribution in [-0.2, 0) is 4.74 Å². The molecule has 41 heavy (non-hydrogen) atoms. The van der Waals surface area contributed by atoms with Crippen LogP contribution in [0.25, 0.3) is 11.1 Å². The van der Waals surface area contributed by atoms with Crippen LogP contribution in [0.2, 0.25) is 0 Å². The number of esters is 1. The van der Waals surface area contributed by atoms with Gasteiger partial charge in [-0.25, -0.2) is 26.7 Å².